The van der Waals surface area contributed by atoms with Crippen molar-refractivity contribution in [1.82, 2.24) is 4.98 Å². The lowest BCUT2D eigenvalue weighted by atomic mass is 9.97. The fraction of sp³-hybridized carbons (Fsp3) is 0.222. The summed E-state index contributed by atoms with van der Waals surface area (Å²) in [5.41, 5.74) is 2.29. The number of rotatable bonds is 6. The SMILES string of the molecule is CCS/C(C)=C(/C(=O)c1ccc(OC)cc1)c1ccncc1. The van der Waals surface area contributed by atoms with E-state index in [1.54, 1.807) is 55.5 Å². The van der Waals surface area contributed by atoms with Crippen LogP contribution in [0.3, 0.4) is 0 Å². The van der Waals surface area contributed by atoms with E-state index in [1.807, 2.05) is 19.1 Å². The van der Waals surface area contributed by atoms with E-state index in [9.17, 15) is 4.79 Å². The van der Waals surface area contributed by atoms with E-state index in [-0.39, 0.29) is 5.78 Å². The molecule has 0 saturated carbocycles. The highest BCUT2D eigenvalue weighted by molar-refractivity contribution is 8.03. The summed E-state index contributed by atoms with van der Waals surface area (Å²) in [4.78, 5) is 18.0. The number of methoxy groups -OCH3 is 1. The topological polar surface area (TPSA) is 39.2 Å². The average Bonchev–Trinajstić information content (AvgIpc) is 2.56. The Bertz CT molecular complexity index is 663. The Morgan fingerprint density at radius 1 is 1.09 bits per heavy atom. The number of ether oxygens (including phenoxy) is 1. The number of hydrogen-bond donors (Lipinski definition) is 0. The second kappa shape index (κ2) is 7.80. The summed E-state index contributed by atoms with van der Waals surface area (Å²) in [5, 5.41) is 0. The van der Waals surface area contributed by atoms with E-state index in [1.165, 1.54) is 0 Å². The molecule has 2 aromatic rings. The van der Waals surface area contributed by atoms with Crippen molar-refractivity contribution in [2.75, 3.05) is 12.9 Å². The van der Waals surface area contributed by atoms with Crippen molar-refractivity contribution in [3.05, 3.63) is 64.8 Å². The highest BCUT2D eigenvalue weighted by Crippen LogP contribution is 2.29. The quantitative estimate of drug-likeness (QED) is 0.583. The van der Waals surface area contributed by atoms with Gasteiger partial charge in [0.2, 0.25) is 0 Å². The maximum atomic E-state index is 12.9. The molecule has 0 bridgehead atoms. The smallest absolute Gasteiger partial charge is 0.194 e. The highest BCUT2D eigenvalue weighted by atomic mass is 32.2. The number of nitrogens with zero attached hydrogens (tertiary/aromatic N) is 1. The van der Waals surface area contributed by atoms with Gasteiger partial charge in [0, 0.05) is 23.5 Å². The van der Waals surface area contributed by atoms with Crippen LogP contribution in [0.2, 0.25) is 0 Å². The number of Topliss-reactive ketones (excluding diaryl/α,β-unsaturated/α-hetero) is 1. The summed E-state index contributed by atoms with van der Waals surface area (Å²) in [7, 11) is 1.61. The molecule has 22 heavy (non-hydrogen) atoms. The minimum absolute atomic E-state index is 0.0207. The molecule has 114 valence electrons. The van der Waals surface area contributed by atoms with Crippen LogP contribution in [0.5, 0.6) is 5.75 Å². The lowest BCUT2D eigenvalue weighted by molar-refractivity contribution is 0.105. The standard InChI is InChI=1S/C18H19NO2S/c1-4-22-13(2)17(14-9-11-19-12-10-14)18(20)15-5-7-16(21-3)8-6-15/h5-12H,4H2,1-3H3/b17-13+. The monoisotopic (exact) mass is 313 g/mol. The van der Waals surface area contributed by atoms with E-state index in [2.05, 4.69) is 11.9 Å². The van der Waals surface area contributed by atoms with Crippen molar-refractivity contribution < 1.29 is 9.53 Å². The van der Waals surface area contributed by atoms with Crippen LogP contribution in [0.15, 0.2) is 53.7 Å². The molecule has 1 aromatic heterocycles. The molecule has 0 saturated heterocycles. The van der Waals surface area contributed by atoms with Crippen molar-refractivity contribution >= 4 is 23.1 Å². The van der Waals surface area contributed by atoms with Crippen LogP contribution in [-0.2, 0) is 0 Å². The van der Waals surface area contributed by atoms with Gasteiger partial charge in [-0.3, -0.25) is 9.78 Å². The van der Waals surface area contributed by atoms with Gasteiger partial charge in [0.15, 0.2) is 5.78 Å². The predicted molar refractivity (Wildman–Crippen MR) is 92.3 cm³/mol. The Balaban J connectivity index is 2.44. The van der Waals surface area contributed by atoms with Crippen molar-refractivity contribution in [3.8, 4) is 5.75 Å². The number of pyridine rings is 1. The molecule has 0 atom stereocenters. The molecule has 0 radical (unpaired) electrons. The van der Waals surface area contributed by atoms with Crippen molar-refractivity contribution in [1.29, 1.82) is 0 Å². The zero-order valence-electron chi connectivity index (χ0n) is 13.0. The minimum Gasteiger partial charge on any atom is -0.497 e. The maximum absolute atomic E-state index is 12.9. The second-order valence-electron chi connectivity index (χ2n) is 4.66. The molecule has 3 nitrogen and oxygen atoms in total. The van der Waals surface area contributed by atoms with E-state index in [0.29, 0.717) is 5.56 Å². The van der Waals surface area contributed by atoms with Crippen molar-refractivity contribution in [3.63, 3.8) is 0 Å². The Labute approximate surface area is 135 Å². The fourth-order valence-corrected chi connectivity index (χ4v) is 2.98. The third kappa shape index (κ3) is 3.77. The zero-order valence-corrected chi connectivity index (χ0v) is 13.8. The molecule has 0 amide bonds. The van der Waals surface area contributed by atoms with E-state index in [0.717, 1.165) is 27.5 Å². The summed E-state index contributed by atoms with van der Waals surface area (Å²) in [6, 6.07) is 10.9. The van der Waals surface area contributed by atoms with Crippen LogP contribution >= 0.6 is 11.8 Å². The number of carbonyl (C=O) groups excluding carboxylic acids is 1. The molecule has 1 heterocycles. The first kappa shape index (κ1) is 16.3. The number of hydrogen-bond acceptors (Lipinski definition) is 4. The molecule has 2 rings (SSSR count). The van der Waals surface area contributed by atoms with Gasteiger partial charge in [0.1, 0.15) is 5.75 Å². The molecule has 0 unspecified atom stereocenters. The first-order chi connectivity index (χ1) is 10.7. The summed E-state index contributed by atoms with van der Waals surface area (Å²) in [6.07, 6.45) is 3.42. The Morgan fingerprint density at radius 2 is 1.73 bits per heavy atom. The normalized spacial score (nSPS) is 11.8. The number of allylic oxidation sites excluding steroid dienone is 2. The number of ketones is 1. The van der Waals surface area contributed by atoms with Gasteiger partial charge >= 0.3 is 0 Å². The molecule has 0 aliphatic carbocycles. The van der Waals surface area contributed by atoms with Crippen molar-refractivity contribution in [2.24, 2.45) is 0 Å². The molecule has 0 spiro atoms. The fourth-order valence-electron chi connectivity index (χ4n) is 2.19. The van der Waals surface area contributed by atoms with Gasteiger partial charge in [-0.25, -0.2) is 0 Å². The van der Waals surface area contributed by atoms with Crippen LogP contribution in [0.1, 0.15) is 29.8 Å². The number of carbonyl (C=O) groups is 1. The van der Waals surface area contributed by atoms with Crippen LogP contribution in [0.25, 0.3) is 5.57 Å². The van der Waals surface area contributed by atoms with Gasteiger partial charge in [-0.15, -0.1) is 11.8 Å². The van der Waals surface area contributed by atoms with E-state index >= 15 is 0 Å². The predicted octanol–water partition coefficient (Wildman–Crippen LogP) is 4.46. The van der Waals surface area contributed by atoms with Crippen LogP contribution < -0.4 is 4.74 Å². The molecular weight excluding hydrogens is 294 g/mol. The van der Waals surface area contributed by atoms with Crippen LogP contribution in [0.4, 0.5) is 0 Å². The second-order valence-corrected chi connectivity index (χ2v) is 6.14. The van der Waals surface area contributed by atoms with Crippen molar-refractivity contribution in [2.45, 2.75) is 13.8 Å². The highest BCUT2D eigenvalue weighted by Gasteiger charge is 2.17. The van der Waals surface area contributed by atoms with E-state index in [4.69, 9.17) is 4.74 Å². The lowest BCUT2D eigenvalue weighted by Crippen LogP contribution is -2.05. The van der Waals surface area contributed by atoms with Gasteiger partial charge in [-0.1, -0.05) is 6.92 Å². The number of aromatic nitrogens is 1. The zero-order chi connectivity index (χ0) is 15.9. The van der Waals surface area contributed by atoms with Gasteiger partial charge in [0.25, 0.3) is 0 Å². The summed E-state index contributed by atoms with van der Waals surface area (Å²) >= 11 is 1.68. The minimum atomic E-state index is 0.0207. The molecule has 0 aliphatic rings. The number of thioether (sulfide) groups is 1. The first-order valence-corrected chi connectivity index (χ1v) is 8.08. The molecule has 1 aromatic carbocycles. The van der Waals surface area contributed by atoms with Gasteiger partial charge in [-0.05, 0) is 59.5 Å². The largest absolute Gasteiger partial charge is 0.497 e. The molecular formula is C18H19NO2S. The Kier molecular flexibility index (Phi) is 5.78. The average molecular weight is 313 g/mol. The van der Waals surface area contributed by atoms with Gasteiger partial charge in [0.05, 0.1) is 7.11 Å². The third-order valence-corrected chi connectivity index (χ3v) is 4.19. The lowest BCUT2D eigenvalue weighted by Gasteiger charge is -2.11. The van der Waals surface area contributed by atoms with Crippen LogP contribution in [-0.4, -0.2) is 23.6 Å². The summed E-state index contributed by atoms with van der Waals surface area (Å²) in [5.74, 6) is 1.69. The van der Waals surface area contributed by atoms with Gasteiger partial charge < -0.3 is 4.74 Å². The Morgan fingerprint density at radius 3 is 2.27 bits per heavy atom. The first-order valence-electron chi connectivity index (χ1n) is 7.10. The molecule has 0 fully saturated rings. The Hall–Kier alpha value is -2.07. The number of benzene rings is 1. The third-order valence-electron chi connectivity index (χ3n) is 3.26. The summed E-state index contributed by atoms with van der Waals surface area (Å²) < 4.78 is 5.14. The van der Waals surface area contributed by atoms with E-state index < -0.39 is 0 Å². The van der Waals surface area contributed by atoms with Crippen LogP contribution in [0, 0.1) is 0 Å². The maximum Gasteiger partial charge on any atom is 0.194 e. The summed E-state index contributed by atoms with van der Waals surface area (Å²) in [6.45, 7) is 4.07. The molecule has 0 aliphatic heterocycles. The molecule has 4 heteroatoms. The molecule has 0 N–H and O–H groups in total. The van der Waals surface area contributed by atoms with Gasteiger partial charge in [-0.2, -0.15) is 0 Å².